The molecule has 2 aromatic heterocycles. The highest BCUT2D eigenvalue weighted by molar-refractivity contribution is 7.20. The van der Waals surface area contributed by atoms with Gasteiger partial charge in [0.2, 0.25) is 0 Å². The van der Waals surface area contributed by atoms with Crippen LogP contribution in [0, 0.1) is 0 Å². The molecule has 0 spiro atoms. The Morgan fingerprint density at radius 3 is 2.77 bits per heavy atom. The molecule has 1 fully saturated rings. The van der Waals surface area contributed by atoms with Crippen molar-refractivity contribution in [1.82, 2.24) is 14.5 Å². The van der Waals surface area contributed by atoms with Gasteiger partial charge in [0.15, 0.2) is 17.6 Å². The summed E-state index contributed by atoms with van der Waals surface area (Å²) in [5.74, 6) is 1.60. The lowest BCUT2D eigenvalue weighted by molar-refractivity contribution is -0.0591. The second-order valence-electron chi connectivity index (χ2n) is 10.3. The number of carboxylic acids is 1. The van der Waals surface area contributed by atoms with Gasteiger partial charge in [-0.3, -0.25) is 4.90 Å². The Labute approximate surface area is 240 Å². The lowest BCUT2D eigenvalue weighted by atomic mass is 9.97. The zero-order valence-corrected chi connectivity index (χ0v) is 23.3. The molecule has 3 aliphatic rings. The van der Waals surface area contributed by atoms with E-state index < -0.39 is 5.97 Å². The molecule has 4 aromatic rings. The average molecular weight is 578 g/mol. The molecule has 0 radical (unpaired) electrons. The zero-order valence-electron chi connectivity index (χ0n) is 21.7. The lowest BCUT2D eigenvalue weighted by Crippen LogP contribution is -2.33. The van der Waals surface area contributed by atoms with Gasteiger partial charge in [0.1, 0.15) is 22.1 Å². The number of aromatic nitrogens is 2. The fourth-order valence-corrected chi connectivity index (χ4v) is 6.54. The molecule has 2 aromatic carbocycles. The third kappa shape index (κ3) is 4.88. The summed E-state index contributed by atoms with van der Waals surface area (Å²) in [5.41, 5.74) is 4.25. The number of halogens is 1. The number of para-hydroxylation sites is 1. The highest BCUT2D eigenvalue weighted by atomic mass is 35.5. The molecular weight excluding hydrogens is 550 g/mol. The first kappa shape index (κ1) is 25.6. The quantitative estimate of drug-likeness (QED) is 0.286. The van der Waals surface area contributed by atoms with Gasteiger partial charge in [-0.05, 0) is 48.2 Å². The van der Waals surface area contributed by atoms with Crippen molar-refractivity contribution in [3.63, 3.8) is 0 Å². The van der Waals surface area contributed by atoms with E-state index in [2.05, 4.69) is 21.6 Å². The van der Waals surface area contributed by atoms with Gasteiger partial charge in [0.05, 0.1) is 24.7 Å². The van der Waals surface area contributed by atoms with Crippen molar-refractivity contribution in [3.8, 4) is 11.5 Å². The minimum absolute atomic E-state index is 0.156. The van der Waals surface area contributed by atoms with Crippen LogP contribution in [0.4, 0.5) is 0 Å². The van der Waals surface area contributed by atoms with Crippen LogP contribution < -0.4 is 9.47 Å². The Morgan fingerprint density at radius 1 is 1.20 bits per heavy atom. The molecule has 7 rings (SSSR count). The van der Waals surface area contributed by atoms with Crippen LogP contribution in [0.1, 0.15) is 45.6 Å². The number of imidazole rings is 1. The number of thiophene rings is 1. The van der Waals surface area contributed by atoms with Gasteiger partial charge in [0, 0.05) is 30.3 Å². The molecule has 0 bridgehead atoms. The molecule has 2 unspecified atom stereocenters. The molecule has 3 aliphatic heterocycles. The number of fused-ring (bicyclic) bond motifs is 2. The number of hydrogen-bond acceptors (Lipinski definition) is 7. The smallest absolute Gasteiger partial charge is 0.346 e. The summed E-state index contributed by atoms with van der Waals surface area (Å²) in [4.78, 5) is 19.8. The van der Waals surface area contributed by atoms with Crippen LogP contribution in [0.3, 0.4) is 0 Å². The van der Waals surface area contributed by atoms with Crippen LogP contribution in [0.2, 0.25) is 5.02 Å². The number of hydrogen-bond donors (Lipinski definition) is 1. The topological polar surface area (TPSA) is 86.0 Å². The number of carbonyl (C=O) groups is 1. The van der Waals surface area contributed by atoms with Crippen molar-refractivity contribution >= 4 is 44.8 Å². The summed E-state index contributed by atoms with van der Waals surface area (Å²) >= 11 is 7.28. The molecule has 5 heterocycles. The maximum Gasteiger partial charge on any atom is 0.346 e. The first-order chi connectivity index (χ1) is 19.5. The summed E-state index contributed by atoms with van der Waals surface area (Å²) in [6, 6.07) is 15.5. The van der Waals surface area contributed by atoms with Crippen LogP contribution in [0.5, 0.6) is 11.5 Å². The highest BCUT2D eigenvalue weighted by Crippen LogP contribution is 2.43. The van der Waals surface area contributed by atoms with Crippen molar-refractivity contribution < 1.29 is 24.1 Å². The van der Waals surface area contributed by atoms with E-state index in [0.717, 1.165) is 71.3 Å². The van der Waals surface area contributed by atoms with Crippen LogP contribution in [-0.4, -0.2) is 57.9 Å². The van der Waals surface area contributed by atoms with Crippen LogP contribution in [0.25, 0.3) is 15.9 Å². The van der Waals surface area contributed by atoms with Gasteiger partial charge in [0.25, 0.3) is 0 Å². The largest absolute Gasteiger partial charge is 0.485 e. The molecular formula is C30H28ClN3O5S. The molecule has 40 heavy (non-hydrogen) atoms. The average Bonchev–Trinajstić information content (AvgIpc) is 3.49. The molecule has 1 saturated heterocycles. The SMILES string of the molecule is O=C(O)c1cc2c(nc(CN3CC=C(c4cccc5c4OCC(c4ccc(Cl)cc4)O5)CC3)n2CC2CCO2)s1. The minimum Gasteiger partial charge on any atom is -0.485 e. The van der Waals surface area contributed by atoms with E-state index in [1.807, 2.05) is 36.4 Å². The lowest BCUT2D eigenvalue weighted by Gasteiger charge is -2.31. The normalized spacial score (nSPS) is 20.8. The fraction of sp³-hybridized carbons (Fsp3) is 0.333. The first-order valence-electron chi connectivity index (χ1n) is 13.5. The van der Waals surface area contributed by atoms with Gasteiger partial charge >= 0.3 is 5.97 Å². The molecule has 206 valence electrons. The fourth-order valence-electron chi connectivity index (χ4n) is 5.52. The van der Waals surface area contributed by atoms with Crippen molar-refractivity contribution in [2.24, 2.45) is 0 Å². The maximum absolute atomic E-state index is 11.5. The predicted molar refractivity (Wildman–Crippen MR) is 154 cm³/mol. The Kier molecular flexibility index (Phi) is 6.75. The van der Waals surface area contributed by atoms with Crippen molar-refractivity contribution in [1.29, 1.82) is 0 Å². The summed E-state index contributed by atoms with van der Waals surface area (Å²) in [6.07, 6.45) is 4.14. The summed E-state index contributed by atoms with van der Waals surface area (Å²) in [6.45, 7) is 4.27. The molecule has 0 aliphatic carbocycles. The second kappa shape index (κ2) is 10.6. The predicted octanol–water partition coefficient (Wildman–Crippen LogP) is 6.04. The zero-order chi connectivity index (χ0) is 27.2. The van der Waals surface area contributed by atoms with Gasteiger partial charge in [-0.15, -0.1) is 11.3 Å². The molecule has 2 atom stereocenters. The van der Waals surface area contributed by atoms with Gasteiger partial charge in [-0.1, -0.05) is 41.9 Å². The Balaban J connectivity index is 1.08. The molecule has 0 amide bonds. The van der Waals surface area contributed by atoms with E-state index >= 15 is 0 Å². The maximum atomic E-state index is 11.5. The Bertz CT molecular complexity index is 1610. The van der Waals surface area contributed by atoms with E-state index in [9.17, 15) is 9.90 Å². The Hall–Kier alpha value is -3.37. The second-order valence-corrected chi connectivity index (χ2v) is 11.8. The van der Waals surface area contributed by atoms with Crippen molar-refractivity contribution in [2.45, 2.75) is 38.1 Å². The minimum atomic E-state index is -0.914. The van der Waals surface area contributed by atoms with E-state index in [4.69, 9.17) is 30.8 Å². The monoisotopic (exact) mass is 577 g/mol. The van der Waals surface area contributed by atoms with Gasteiger partial charge in [-0.25, -0.2) is 9.78 Å². The standard InChI is InChI=1S/C30H28ClN3O5S/c31-20-6-4-19(5-7-20)25-17-38-28-22(2-1-3-24(28)39-25)18-8-11-33(12-9-18)16-27-32-29-23(14-26(40-29)30(35)36)34(27)15-21-10-13-37-21/h1-8,14,21,25H,9-13,15-17H2,(H,35,36). The number of nitrogens with zero attached hydrogens (tertiary/aromatic N) is 3. The number of rotatable bonds is 7. The number of carboxylic acid groups (broad SMARTS) is 1. The van der Waals surface area contributed by atoms with Gasteiger partial charge < -0.3 is 23.9 Å². The number of aromatic carboxylic acids is 1. The molecule has 1 N–H and O–H groups in total. The van der Waals surface area contributed by atoms with Crippen LogP contribution >= 0.6 is 22.9 Å². The number of ether oxygens (including phenoxy) is 3. The third-order valence-electron chi connectivity index (χ3n) is 7.79. The molecule has 10 heteroatoms. The molecule has 8 nitrogen and oxygen atoms in total. The van der Waals surface area contributed by atoms with E-state index in [1.165, 1.54) is 16.9 Å². The summed E-state index contributed by atoms with van der Waals surface area (Å²) in [7, 11) is 0. The van der Waals surface area contributed by atoms with Crippen LogP contribution in [0.15, 0.2) is 54.6 Å². The summed E-state index contributed by atoms with van der Waals surface area (Å²) in [5, 5.41) is 10.1. The van der Waals surface area contributed by atoms with E-state index in [1.54, 1.807) is 6.07 Å². The summed E-state index contributed by atoms with van der Waals surface area (Å²) < 4.78 is 20.4. The van der Waals surface area contributed by atoms with Gasteiger partial charge in [-0.2, -0.15) is 0 Å². The van der Waals surface area contributed by atoms with Crippen molar-refractivity contribution in [2.75, 3.05) is 26.3 Å². The van der Waals surface area contributed by atoms with E-state index in [-0.39, 0.29) is 12.2 Å². The first-order valence-corrected chi connectivity index (χ1v) is 14.6. The Morgan fingerprint density at radius 2 is 2.05 bits per heavy atom. The van der Waals surface area contributed by atoms with Crippen LogP contribution in [-0.2, 0) is 17.8 Å². The highest BCUT2D eigenvalue weighted by Gasteiger charge is 2.28. The van der Waals surface area contributed by atoms with Crippen molar-refractivity contribution in [3.05, 3.63) is 81.5 Å². The van der Waals surface area contributed by atoms with E-state index in [0.29, 0.717) is 29.6 Å². The third-order valence-corrected chi connectivity index (χ3v) is 9.05. The number of benzene rings is 2. The molecule has 0 saturated carbocycles.